The van der Waals surface area contributed by atoms with Gasteiger partial charge in [-0.3, -0.25) is 4.98 Å². The molecule has 0 unspecified atom stereocenters. The van der Waals surface area contributed by atoms with Gasteiger partial charge in [0.1, 0.15) is 5.82 Å². The molecule has 1 aromatic carbocycles. The molecule has 0 fully saturated rings. The maximum atomic E-state index is 13.0. The van der Waals surface area contributed by atoms with E-state index in [-0.39, 0.29) is 18.2 Å². The Balaban J connectivity index is 2.14. The van der Waals surface area contributed by atoms with Gasteiger partial charge in [0.25, 0.3) is 0 Å². The SMILES string of the molecule is C[C@H](NCc1ccc(F)cc1C(F)(F)F)c1cccnc1. The standard InChI is InChI=1S/C15H14F4N2/c1-10(11-3-2-6-20-8-11)21-9-12-4-5-13(16)7-14(12)15(17,18)19/h2-8,10,21H,9H2,1H3/t10-/m0/s1. The van der Waals surface area contributed by atoms with Crippen molar-refractivity contribution in [2.45, 2.75) is 25.7 Å². The average Bonchev–Trinajstić information content (AvgIpc) is 2.45. The highest BCUT2D eigenvalue weighted by molar-refractivity contribution is 5.30. The van der Waals surface area contributed by atoms with Crippen LogP contribution >= 0.6 is 0 Å². The molecule has 1 N–H and O–H groups in total. The minimum atomic E-state index is -4.57. The summed E-state index contributed by atoms with van der Waals surface area (Å²) in [4.78, 5) is 3.96. The highest BCUT2D eigenvalue weighted by Crippen LogP contribution is 2.32. The number of nitrogens with zero attached hydrogens (tertiary/aromatic N) is 1. The molecule has 0 radical (unpaired) electrons. The van der Waals surface area contributed by atoms with Gasteiger partial charge in [-0.2, -0.15) is 13.2 Å². The highest BCUT2D eigenvalue weighted by atomic mass is 19.4. The van der Waals surface area contributed by atoms with E-state index in [0.29, 0.717) is 6.07 Å². The summed E-state index contributed by atoms with van der Waals surface area (Å²) in [7, 11) is 0. The first-order chi connectivity index (χ1) is 9.88. The molecule has 6 heteroatoms. The predicted octanol–water partition coefficient (Wildman–Crippen LogP) is 4.09. The fraction of sp³-hybridized carbons (Fsp3) is 0.267. The highest BCUT2D eigenvalue weighted by Gasteiger charge is 2.33. The van der Waals surface area contributed by atoms with Crippen LogP contribution in [0.2, 0.25) is 0 Å². The van der Waals surface area contributed by atoms with Gasteiger partial charge in [0, 0.05) is 25.0 Å². The van der Waals surface area contributed by atoms with E-state index in [9.17, 15) is 17.6 Å². The van der Waals surface area contributed by atoms with Crippen molar-refractivity contribution in [3.63, 3.8) is 0 Å². The molecular weight excluding hydrogens is 284 g/mol. The first-order valence-electron chi connectivity index (χ1n) is 6.37. The summed E-state index contributed by atoms with van der Waals surface area (Å²) in [6.45, 7) is 1.82. The van der Waals surface area contributed by atoms with E-state index in [0.717, 1.165) is 17.7 Å². The molecule has 0 saturated carbocycles. The summed E-state index contributed by atoms with van der Waals surface area (Å²) in [5.74, 6) is -0.897. The first-order valence-corrected chi connectivity index (χ1v) is 6.37. The van der Waals surface area contributed by atoms with E-state index in [1.807, 2.05) is 13.0 Å². The summed E-state index contributed by atoms with van der Waals surface area (Å²) >= 11 is 0. The van der Waals surface area contributed by atoms with Gasteiger partial charge in [0.15, 0.2) is 0 Å². The molecule has 1 aromatic heterocycles. The van der Waals surface area contributed by atoms with E-state index >= 15 is 0 Å². The fourth-order valence-corrected chi connectivity index (χ4v) is 1.98. The van der Waals surface area contributed by atoms with E-state index in [1.165, 1.54) is 0 Å². The van der Waals surface area contributed by atoms with Crippen LogP contribution in [0, 0.1) is 5.82 Å². The topological polar surface area (TPSA) is 24.9 Å². The lowest BCUT2D eigenvalue weighted by atomic mass is 10.1. The lowest BCUT2D eigenvalue weighted by molar-refractivity contribution is -0.138. The van der Waals surface area contributed by atoms with Crippen LogP contribution in [0.15, 0.2) is 42.7 Å². The quantitative estimate of drug-likeness (QED) is 0.860. The second-order valence-corrected chi connectivity index (χ2v) is 4.69. The van der Waals surface area contributed by atoms with Gasteiger partial charge in [0.2, 0.25) is 0 Å². The Morgan fingerprint density at radius 2 is 2.00 bits per heavy atom. The fourth-order valence-electron chi connectivity index (χ4n) is 1.98. The smallest absolute Gasteiger partial charge is 0.306 e. The van der Waals surface area contributed by atoms with E-state index in [2.05, 4.69) is 10.3 Å². The van der Waals surface area contributed by atoms with Gasteiger partial charge in [-0.15, -0.1) is 0 Å². The van der Waals surface area contributed by atoms with Crippen LogP contribution in [0.5, 0.6) is 0 Å². The van der Waals surface area contributed by atoms with E-state index in [4.69, 9.17) is 0 Å². The molecule has 0 aliphatic carbocycles. The normalized spacial score (nSPS) is 13.2. The summed E-state index contributed by atoms with van der Waals surface area (Å²) < 4.78 is 51.6. The number of aromatic nitrogens is 1. The van der Waals surface area contributed by atoms with Crippen LogP contribution in [-0.2, 0) is 12.7 Å². The molecule has 0 aliphatic rings. The van der Waals surface area contributed by atoms with Crippen LogP contribution < -0.4 is 5.32 Å². The molecular formula is C15H14F4N2. The minimum Gasteiger partial charge on any atom is -0.306 e. The van der Waals surface area contributed by atoms with Crippen molar-refractivity contribution in [3.8, 4) is 0 Å². The molecule has 112 valence electrons. The van der Waals surface area contributed by atoms with Crippen molar-refractivity contribution < 1.29 is 17.6 Å². The van der Waals surface area contributed by atoms with Gasteiger partial charge in [-0.1, -0.05) is 12.1 Å². The molecule has 2 nitrogen and oxygen atoms in total. The lowest BCUT2D eigenvalue weighted by Crippen LogP contribution is -2.21. The molecule has 2 aromatic rings. The molecule has 0 amide bonds. The summed E-state index contributed by atoms with van der Waals surface area (Å²) in [6, 6.07) is 6.13. The number of hydrogen-bond donors (Lipinski definition) is 1. The number of rotatable bonds is 4. The van der Waals surface area contributed by atoms with E-state index in [1.54, 1.807) is 18.5 Å². The molecule has 21 heavy (non-hydrogen) atoms. The number of benzene rings is 1. The molecule has 1 atom stereocenters. The van der Waals surface area contributed by atoms with Gasteiger partial charge >= 0.3 is 6.18 Å². The van der Waals surface area contributed by atoms with Crippen molar-refractivity contribution >= 4 is 0 Å². The van der Waals surface area contributed by atoms with Crippen molar-refractivity contribution in [1.82, 2.24) is 10.3 Å². The van der Waals surface area contributed by atoms with Crippen LogP contribution in [0.1, 0.15) is 29.7 Å². The first kappa shape index (κ1) is 15.4. The number of hydrogen-bond acceptors (Lipinski definition) is 2. The van der Waals surface area contributed by atoms with E-state index < -0.39 is 17.6 Å². The Morgan fingerprint density at radius 3 is 2.62 bits per heavy atom. The zero-order valence-corrected chi connectivity index (χ0v) is 11.3. The minimum absolute atomic E-state index is 0.00875. The Bertz CT molecular complexity index is 596. The third-order valence-electron chi connectivity index (χ3n) is 3.16. The Labute approximate surface area is 119 Å². The Hall–Kier alpha value is -1.95. The Morgan fingerprint density at radius 1 is 1.24 bits per heavy atom. The molecule has 1 heterocycles. The third-order valence-corrected chi connectivity index (χ3v) is 3.16. The number of alkyl halides is 3. The monoisotopic (exact) mass is 298 g/mol. The zero-order chi connectivity index (χ0) is 15.5. The zero-order valence-electron chi connectivity index (χ0n) is 11.3. The Kier molecular flexibility index (Phi) is 4.57. The largest absolute Gasteiger partial charge is 0.416 e. The number of nitrogens with one attached hydrogen (secondary N) is 1. The summed E-state index contributed by atoms with van der Waals surface area (Å²) in [6.07, 6.45) is -1.30. The van der Waals surface area contributed by atoms with Crippen LogP contribution in [-0.4, -0.2) is 4.98 Å². The van der Waals surface area contributed by atoms with Gasteiger partial charge in [-0.05, 0) is 36.2 Å². The van der Waals surface area contributed by atoms with Gasteiger partial charge in [0.05, 0.1) is 5.56 Å². The maximum absolute atomic E-state index is 13.0. The lowest BCUT2D eigenvalue weighted by Gasteiger charge is -2.17. The van der Waals surface area contributed by atoms with Crippen molar-refractivity contribution in [3.05, 3.63) is 65.2 Å². The van der Waals surface area contributed by atoms with Gasteiger partial charge < -0.3 is 5.32 Å². The molecule has 2 rings (SSSR count). The summed E-state index contributed by atoms with van der Waals surface area (Å²) in [5.41, 5.74) is -0.0683. The van der Waals surface area contributed by atoms with Crippen molar-refractivity contribution in [2.75, 3.05) is 0 Å². The van der Waals surface area contributed by atoms with Crippen molar-refractivity contribution in [1.29, 1.82) is 0 Å². The number of pyridine rings is 1. The van der Waals surface area contributed by atoms with Crippen LogP contribution in [0.4, 0.5) is 17.6 Å². The van der Waals surface area contributed by atoms with Crippen LogP contribution in [0.3, 0.4) is 0 Å². The van der Waals surface area contributed by atoms with Crippen molar-refractivity contribution in [2.24, 2.45) is 0 Å². The average molecular weight is 298 g/mol. The maximum Gasteiger partial charge on any atom is 0.416 e. The van der Waals surface area contributed by atoms with Gasteiger partial charge in [-0.25, -0.2) is 4.39 Å². The molecule has 0 aliphatic heterocycles. The summed E-state index contributed by atoms with van der Waals surface area (Å²) in [5, 5.41) is 2.98. The molecule has 0 bridgehead atoms. The molecule has 0 saturated heterocycles. The number of halogens is 4. The second-order valence-electron chi connectivity index (χ2n) is 4.69. The van der Waals surface area contributed by atoms with Crippen LogP contribution in [0.25, 0.3) is 0 Å². The second kappa shape index (κ2) is 6.22. The third kappa shape index (κ3) is 4.01. The molecule has 0 spiro atoms. The predicted molar refractivity (Wildman–Crippen MR) is 70.9 cm³/mol.